The molecule has 0 aliphatic carbocycles. The van der Waals surface area contributed by atoms with Gasteiger partial charge in [-0.15, -0.1) is 0 Å². The quantitative estimate of drug-likeness (QED) is 0.932. The highest BCUT2D eigenvalue weighted by molar-refractivity contribution is 5.81. The normalized spacial score (nSPS) is 19.9. The van der Waals surface area contributed by atoms with Crippen LogP contribution in [-0.4, -0.2) is 28.1 Å². The van der Waals surface area contributed by atoms with Gasteiger partial charge in [-0.05, 0) is 24.0 Å². The van der Waals surface area contributed by atoms with Crippen molar-refractivity contribution < 1.29 is 19.4 Å². The Morgan fingerprint density at radius 2 is 1.62 bits per heavy atom. The molecule has 1 amide bonds. The topological polar surface area (TPSA) is 66.8 Å². The predicted molar refractivity (Wildman–Crippen MR) is 88.3 cm³/mol. The van der Waals surface area contributed by atoms with Gasteiger partial charge in [0.2, 0.25) is 0 Å². The van der Waals surface area contributed by atoms with E-state index in [4.69, 9.17) is 4.74 Å². The fourth-order valence-corrected chi connectivity index (χ4v) is 3.10. The van der Waals surface area contributed by atoms with Crippen molar-refractivity contribution in [2.24, 2.45) is 0 Å². The van der Waals surface area contributed by atoms with E-state index in [-0.39, 0.29) is 12.6 Å². The number of carbonyl (C=O) groups excluding carboxylic acids is 1. The molecule has 0 radical (unpaired) electrons. The first-order valence-electron chi connectivity index (χ1n) is 7.93. The zero-order chi connectivity index (χ0) is 16.9. The summed E-state index contributed by atoms with van der Waals surface area (Å²) in [5.74, 6) is -0.995. The number of hydrogen-bond acceptors (Lipinski definition) is 3. The Bertz CT molecular complexity index is 702. The third kappa shape index (κ3) is 3.40. The smallest absolute Gasteiger partial charge is 0.411 e. The lowest BCUT2D eigenvalue weighted by Gasteiger charge is -2.27. The Balaban J connectivity index is 1.77. The first-order valence-corrected chi connectivity index (χ1v) is 7.93. The van der Waals surface area contributed by atoms with Crippen LogP contribution < -0.4 is 0 Å². The molecule has 2 aromatic rings. The highest BCUT2D eigenvalue weighted by Gasteiger charge is 2.42. The second-order valence-electron chi connectivity index (χ2n) is 5.81. The Kier molecular flexibility index (Phi) is 4.79. The van der Waals surface area contributed by atoms with Crippen LogP contribution in [0.4, 0.5) is 4.79 Å². The van der Waals surface area contributed by atoms with E-state index in [1.54, 1.807) is 0 Å². The number of likely N-dealkylation sites (tertiary alicyclic amines) is 1. The molecule has 5 heteroatoms. The minimum atomic E-state index is -0.995. The van der Waals surface area contributed by atoms with Crippen LogP contribution in [0.1, 0.15) is 30.0 Å². The third-order valence-electron chi connectivity index (χ3n) is 4.27. The Morgan fingerprint density at radius 1 is 1.00 bits per heavy atom. The number of benzene rings is 2. The number of carboxylic acids is 1. The Labute approximate surface area is 140 Å². The van der Waals surface area contributed by atoms with Gasteiger partial charge in [0.25, 0.3) is 0 Å². The summed E-state index contributed by atoms with van der Waals surface area (Å²) in [6.45, 7) is 0.129. The van der Waals surface area contributed by atoms with Gasteiger partial charge in [-0.2, -0.15) is 0 Å². The lowest BCUT2D eigenvalue weighted by atomic mass is 10.1. The fourth-order valence-electron chi connectivity index (χ4n) is 3.10. The van der Waals surface area contributed by atoms with Gasteiger partial charge < -0.3 is 9.84 Å². The average Bonchev–Trinajstić information content (AvgIpc) is 3.07. The molecule has 1 aliphatic heterocycles. The number of amides is 1. The maximum atomic E-state index is 12.6. The number of nitrogens with zero attached hydrogens (tertiary/aromatic N) is 1. The molecule has 2 aromatic carbocycles. The highest BCUT2D eigenvalue weighted by Crippen LogP contribution is 2.36. The lowest BCUT2D eigenvalue weighted by Crippen LogP contribution is -2.42. The third-order valence-corrected chi connectivity index (χ3v) is 4.27. The van der Waals surface area contributed by atoms with Crippen LogP contribution in [0.2, 0.25) is 0 Å². The van der Waals surface area contributed by atoms with E-state index >= 15 is 0 Å². The number of carbonyl (C=O) groups is 2. The summed E-state index contributed by atoms with van der Waals surface area (Å²) in [7, 11) is 0. The molecule has 124 valence electrons. The van der Waals surface area contributed by atoms with Gasteiger partial charge in [-0.1, -0.05) is 60.7 Å². The predicted octanol–water partition coefficient (Wildman–Crippen LogP) is 3.61. The summed E-state index contributed by atoms with van der Waals surface area (Å²) in [6, 6.07) is 17.7. The van der Waals surface area contributed by atoms with Crippen LogP contribution in [0.15, 0.2) is 60.7 Å². The molecule has 0 saturated carbocycles. The number of aliphatic carboxylic acids is 1. The zero-order valence-electron chi connectivity index (χ0n) is 13.2. The van der Waals surface area contributed by atoms with E-state index in [0.717, 1.165) is 11.1 Å². The van der Waals surface area contributed by atoms with Crippen LogP contribution in [0, 0.1) is 0 Å². The molecule has 0 spiro atoms. The molecule has 5 nitrogen and oxygen atoms in total. The first kappa shape index (κ1) is 16.1. The van der Waals surface area contributed by atoms with Gasteiger partial charge in [0.05, 0.1) is 6.04 Å². The summed E-state index contributed by atoms with van der Waals surface area (Å²) in [5, 5.41) is 9.43. The minimum Gasteiger partial charge on any atom is -0.480 e. The van der Waals surface area contributed by atoms with Crippen molar-refractivity contribution in [3.8, 4) is 0 Å². The van der Waals surface area contributed by atoms with Gasteiger partial charge in [0.15, 0.2) is 0 Å². The van der Waals surface area contributed by atoms with Gasteiger partial charge in [0, 0.05) is 0 Å². The maximum absolute atomic E-state index is 12.6. The second-order valence-corrected chi connectivity index (χ2v) is 5.81. The summed E-state index contributed by atoms with van der Waals surface area (Å²) in [6.07, 6.45) is 0.453. The van der Waals surface area contributed by atoms with E-state index < -0.39 is 18.1 Å². The first-order chi connectivity index (χ1) is 11.7. The number of rotatable bonds is 4. The molecule has 0 unspecified atom stereocenters. The van der Waals surface area contributed by atoms with Crippen molar-refractivity contribution in [1.82, 2.24) is 4.90 Å². The Morgan fingerprint density at radius 3 is 2.25 bits per heavy atom. The molecular weight excluding hydrogens is 306 g/mol. The average molecular weight is 325 g/mol. The van der Waals surface area contributed by atoms with Crippen LogP contribution in [0.25, 0.3) is 0 Å². The summed E-state index contributed by atoms with van der Waals surface area (Å²) < 4.78 is 5.37. The van der Waals surface area contributed by atoms with Crippen molar-refractivity contribution in [3.63, 3.8) is 0 Å². The molecule has 24 heavy (non-hydrogen) atoms. The monoisotopic (exact) mass is 325 g/mol. The van der Waals surface area contributed by atoms with Gasteiger partial charge >= 0.3 is 12.1 Å². The van der Waals surface area contributed by atoms with Crippen LogP contribution in [0.3, 0.4) is 0 Å². The van der Waals surface area contributed by atoms with Crippen LogP contribution >= 0.6 is 0 Å². The molecule has 1 aliphatic rings. The van der Waals surface area contributed by atoms with Gasteiger partial charge in [-0.3, -0.25) is 4.90 Å². The number of hydrogen-bond donors (Lipinski definition) is 1. The van der Waals surface area contributed by atoms with Gasteiger partial charge in [-0.25, -0.2) is 9.59 Å². The number of ether oxygens (including phenoxy) is 1. The van der Waals surface area contributed by atoms with Crippen molar-refractivity contribution in [2.45, 2.75) is 31.5 Å². The summed E-state index contributed by atoms with van der Waals surface area (Å²) in [4.78, 5) is 25.4. The maximum Gasteiger partial charge on any atom is 0.411 e. The molecule has 0 aromatic heterocycles. The standard InChI is InChI=1S/C19H19NO4/c21-18(22)17-12-11-16(15-9-5-2-6-10-15)20(17)19(23)24-13-14-7-3-1-4-8-14/h1-10,16-17H,11-13H2,(H,21,22)/t16-,17+/m0/s1. The van der Waals surface area contributed by atoms with E-state index in [9.17, 15) is 14.7 Å². The largest absolute Gasteiger partial charge is 0.480 e. The van der Waals surface area contributed by atoms with E-state index in [2.05, 4.69) is 0 Å². The molecule has 1 heterocycles. The number of carboxylic acid groups (broad SMARTS) is 1. The van der Waals surface area contributed by atoms with Crippen molar-refractivity contribution >= 4 is 12.1 Å². The van der Waals surface area contributed by atoms with E-state index in [0.29, 0.717) is 12.8 Å². The highest BCUT2D eigenvalue weighted by atomic mass is 16.6. The van der Waals surface area contributed by atoms with E-state index in [1.165, 1.54) is 4.90 Å². The zero-order valence-corrected chi connectivity index (χ0v) is 13.2. The van der Waals surface area contributed by atoms with Gasteiger partial charge in [0.1, 0.15) is 12.6 Å². The Hall–Kier alpha value is -2.82. The lowest BCUT2D eigenvalue weighted by molar-refractivity contribution is -0.142. The van der Waals surface area contributed by atoms with Crippen LogP contribution in [-0.2, 0) is 16.1 Å². The SMILES string of the molecule is O=C(O)[C@H]1CC[C@@H](c2ccccc2)N1C(=O)OCc1ccccc1. The molecular formula is C19H19NO4. The summed E-state index contributed by atoms with van der Waals surface area (Å²) >= 11 is 0. The van der Waals surface area contributed by atoms with E-state index in [1.807, 2.05) is 60.7 Å². The molecule has 1 N–H and O–H groups in total. The van der Waals surface area contributed by atoms with Crippen molar-refractivity contribution in [1.29, 1.82) is 0 Å². The second kappa shape index (κ2) is 7.17. The molecule has 2 atom stereocenters. The fraction of sp³-hybridized carbons (Fsp3) is 0.263. The molecule has 1 fully saturated rings. The minimum absolute atomic E-state index is 0.129. The molecule has 3 rings (SSSR count). The summed E-state index contributed by atoms with van der Waals surface area (Å²) in [5.41, 5.74) is 1.80. The van der Waals surface area contributed by atoms with Crippen LogP contribution in [0.5, 0.6) is 0 Å². The van der Waals surface area contributed by atoms with Crippen molar-refractivity contribution in [2.75, 3.05) is 0 Å². The molecule has 1 saturated heterocycles. The molecule has 0 bridgehead atoms. The van der Waals surface area contributed by atoms with Crippen molar-refractivity contribution in [3.05, 3.63) is 71.8 Å².